The topological polar surface area (TPSA) is 59.0 Å². The smallest absolute Gasteiger partial charge is 0.412 e. The minimum absolute atomic E-state index is 0.274. The van der Waals surface area contributed by atoms with E-state index in [0.29, 0.717) is 6.61 Å². The lowest BCUT2D eigenvalue weighted by Crippen LogP contribution is -2.60. The van der Waals surface area contributed by atoms with E-state index in [4.69, 9.17) is 9.47 Å². The van der Waals surface area contributed by atoms with E-state index in [2.05, 4.69) is 6.92 Å². The summed E-state index contributed by atoms with van der Waals surface area (Å²) in [4.78, 5) is 13.8. The SMILES string of the molecule is CCCCCCCCCCCCCC[C@H]1OC(=O)N2[C@@H](COC2(C)C)[C@@H]1O. The number of nitrogens with zero attached hydrogens (tertiary/aromatic N) is 1. The van der Waals surface area contributed by atoms with Gasteiger partial charge in [-0.1, -0.05) is 77.6 Å². The quantitative estimate of drug-likeness (QED) is 0.433. The molecule has 1 amide bonds. The number of carbonyl (C=O) groups excluding carboxylic acids is 1. The van der Waals surface area contributed by atoms with Crippen molar-refractivity contribution in [2.75, 3.05) is 6.61 Å². The first-order valence-corrected chi connectivity index (χ1v) is 11.3. The van der Waals surface area contributed by atoms with Gasteiger partial charge in [0, 0.05) is 0 Å². The first-order valence-electron chi connectivity index (χ1n) is 11.3. The lowest BCUT2D eigenvalue weighted by Gasteiger charge is -2.41. The summed E-state index contributed by atoms with van der Waals surface area (Å²) >= 11 is 0. The maximum atomic E-state index is 12.3. The molecule has 2 fully saturated rings. The van der Waals surface area contributed by atoms with Gasteiger partial charge in [-0.05, 0) is 26.7 Å². The lowest BCUT2D eigenvalue weighted by atomic mass is 9.97. The predicted molar refractivity (Wildman–Crippen MR) is 108 cm³/mol. The minimum Gasteiger partial charge on any atom is -0.443 e. The fourth-order valence-electron chi connectivity index (χ4n) is 4.36. The number of amides is 1. The van der Waals surface area contributed by atoms with Crippen molar-refractivity contribution in [3.63, 3.8) is 0 Å². The molecule has 0 bridgehead atoms. The maximum Gasteiger partial charge on any atom is 0.412 e. The summed E-state index contributed by atoms with van der Waals surface area (Å²) in [6, 6.07) is -0.274. The number of hydrogen-bond acceptors (Lipinski definition) is 4. The Bertz CT molecular complexity index is 440. The van der Waals surface area contributed by atoms with E-state index < -0.39 is 11.8 Å². The number of rotatable bonds is 13. The first kappa shape index (κ1) is 22.5. The average Bonchev–Trinajstić information content (AvgIpc) is 2.96. The molecule has 2 aliphatic rings. The van der Waals surface area contributed by atoms with Crippen LogP contribution in [0, 0.1) is 0 Å². The molecule has 0 aromatic carbocycles. The second-order valence-electron chi connectivity index (χ2n) is 8.79. The standard InChI is InChI=1S/C22H41NO4/c1-4-5-6-7-8-9-10-11-12-13-14-15-16-19-20(24)18-17-26-22(2,3)23(18)21(25)27-19/h18-20,24H,4-17H2,1-3H3/t18-,19+,20-/m0/s1. The van der Waals surface area contributed by atoms with Crippen LogP contribution in [0.5, 0.6) is 0 Å². The van der Waals surface area contributed by atoms with Gasteiger partial charge in [0.25, 0.3) is 0 Å². The Balaban J connectivity index is 1.51. The van der Waals surface area contributed by atoms with Gasteiger partial charge in [-0.25, -0.2) is 4.79 Å². The van der Waals surface area contributed by atoms with E-state index in [1.165, 1.54) is 64.2 Å². The molecule has 3 atom stereocenters. The summed E-state index contributed by atoms with van der Waals surface area (Å²) in [5, 5.41) is 10.6. The number of unbranched alkanes of at least 4 members (excludes halogenated alkanes) is 11. The Kier molecular flexibility index (Phi) is 9.37. The van der Waals surface area contributed by atoms with Crippen molar-refractivity contribution in [1.82, 2.24) is 4.90 Å². The molecule has 27 heavy (non-hydrogen) atoms. The molecule has 0 aromatic heterocycles. The Morgan fingerprint density at radius 2 is 1.48 bits per heavy atom. The van der Waals surface area contributed by atoms with Gasteiger partial charge in [-0.3, -0.25) is 4.90 Å². The molecule has 1 N–H and O–H groups in total. The average molecular weight is 384 g/mol. The van der Waals surface area contributed by atoms with E-state index in [1.807, 2.05) is 13.8 Å². The number of carbonyl (C=O) groups is 1. The van der Waals surface area contributed by atoms with Crippen molar-refractivity contribution in [2.24, 2.45) is 0 Å². The molecule has 2 saturated heterocycles. The summed E-state index contributed by atoms with van der Waals surface area (Å²) in [6.07, 6.45) is 15.0. The summed E-state index contributed by atoms with van der Waals surface area (Å²) in [7, 11) is 0. The number of ether oxygens (including phenoxy) is 2. The van der Waals surface area contributed by atoms with Crippen molar-refractivity contribution in [1.29, 1.82) is 0 Å². The number of hydrogen-bond donors (Lipinski definition) is 1. The van der Waals surface area contributed by atoms with Crippen LogP contribution in [0.3, 0.4) is 0 Å². The fourth-order valence-corrected chi connectivity index (χ4v) is 4.36. The molecule has 2 aliphatic heterocycles. The van der Waals surface area contributed by atoms with Gasteiger partial charge in [-0.2, -0.15) is 0 Å². The highest BCUT2D eigenvalue weighted by Gasteiger charge is 2.53. The zero-order valence-corrected chi connectivity index (χ0v) is 17.8. The molecular weight excluding hydrogens is 342 g/mol. The fraction of sp³-hybridized carbons (Fsp3) is 0.955. The molecule has 0 unspecified atom stereocenters. The molecule has 0 saturated carbocycles. The third-order valence-electron chi connectivity index (χ3n) is 6.09. The number of fused-ring (bicyclic) bond motifs is 1. The second-order valence-corrected chi connectivity index (χ2v) is 8.79. The van der Waals surface area contributed by atoms with Crippen LogP contribution in [0.25, 0.3) is 0 Å². The predicted octanol–water partition coefficient (Wildman–Crippen LogP) is 5.39. The van der Waals surface area contributed by atoms with E-state index in [1.54, 1.807) is 4.90 Å². The summed E-state index contributed by atoms with van der Waals surface area (Å²) in [5.41, 5.74) is -0.691. The zero-order valence-electron chi connectivity index (χ0n) is 17.8. The van der Waals surface area contributed by atoms with Gasteiger partial charge < -0.3 is 14.6 Å². The summed E-state index contributed by atoms with van der Waals surface area (Å²) < 4.78 is 11.2. The van der Waals surface area contributed by atoms with Crippen molar-refractivity contribution in [3.05, 3.63) is 0 Å². The number of cyclic esters (lactones) is 1. The minimum atomic E-state index is -0.691. The van der Waals surface area contributed by atoms with E-state index in [9.17, 15) is 9.90 Å². The Hall–Kier alpha value is -0.810. The molecule has 5 heteroatoms. The lowest BCUT2D eigenvalue weighted by molar-refractivity contribution is -0.110. The molecule has 0 spiro atoms. The number of aliphatic hydroxyl groups excluding tert-OH is 1. The molecular formula is C22H41NO4. The van der Waals surface area contributed by atoms with Crippen molar-refractivity contribution in [3.8, 4) is 0 Å². The van der Waals surface area contributed by atoms with E-state index >= 15 is 0 Å². The van der Waals surface area contributed by atoms with Crippen molar-refractivity contribution >= 4 is 6.09 Å². The van der Waals surface area contributed by atoms with Gasteiger partial charge in [0.15, 0.2) is 0 Å². The van der Waals surface area contributed by atoms with E-state index in [0.717, 1.165) is 19.3 Å². The van der Waals surface area contributed by atoms with E-state index in [-0.39, 0.29) is 18.2 Å². The van der Waals surface area contributed by atoms with Crippen LogP contribution in [0.1, 0.15) is 104 Å². The molecule has 5 nitrogen and oxygen atoms in total. The molecule has 0 radical (unpaired) electrons. The van der Waals surface area contributed by atoms with Crippen LogP contribution in [0.2, 0.25) is 0 Å². The van der Waals surface area contributed by atoms with Gasteiger partial charge in [0.1, 0.15) is 17.9 Å². The second kappa shape index (κ2) is 11.3. The zero-order chi connectivity index (χ0) is 19.7. The van der Waals surface area contributed by atoms with Gasteiger partial charge in [-0.15, -0.1) is 0 Å². The van der Waals surface area contributed by atoms with Crippen LogP contribution in [0.4, 0.5) is 4.79 Å². The van der Waals surface area contributed by atoms with Crippen LogP contribution >= 0.6 is 0 Å². The van der Waals surface area contributed by atoms with Crippen LogP contribution in [-0.4, -0.2) is 46.7 Å². The maximum absolute atomic E-state index is 12.3. The van der Waals surface area contributed by atoms with Crippen molar-refractivity contribution < 1.29 is 19.4 Å². The first-order chi connectivity index (χ1) is 13.0. The third-order valence-corrected chi connectivity index (χ3v) is 6.09. The molecule has 2 heterocycles. The molecule has 2 rings (SSSR count). The highest BCUT2D eigenvalue weighted by Crippen LogP contribution is 2.35. The van der Waals surface area contributed by atoms with Gasteiger partial charge in [0.05, 0.1) is 12.6 Å². The summed E-state index contributed by atoms with van der Waals surface area (Å²) in [5.74, 6) is 0. The Morgan fingerprint density at radius 1 is 0.963 bits per heavy atom. The Morgan fingerprint density at radius 3 is 2.04 bits per heavy atom. The molecule has 0 aromatic rings. The van der Waals surface area contributed by atoms with Crippen LogP contribution in [0.15, 0.2) is 0 Å². The van der Waals surface area contributed by atoms with Crippen LogP contribution in [-0.2, 0) is 9.47 Å². The molecule has 158 valence electrons. The third kappa shape index (κ3) is 6.63. The highest BCUT2D eigenvalue weighted by atomic mass is 16.6. The van der Waals surface area contributed by atoms with Crippen molar-refractivity contribution in [2.45, 2.75) is 128 Å². The number of aliphatic hydroxyl groups is 1. The molecule has 0 aliphatic carbocycles. The Labute approximate surface area is 165 Å². The van der Waals surface area contributed by atoms with Crippen LogP contribution < -0.4 is 0 Å². The van der Waals surface area contributed by atoms with Gasteiger partial charge >= 0.3 is 6.09 Å². The largest absolute Gasteiger partial charge is 0.443 e. The highest BCUT2D eigenvalue weighted by molar-refractivity contribution is 5.70. The monoisotopic (exact) mass is 383 g/mol. The normalized spacial score (nSPS) is 26.9. The summed E-state index contributed by atoms with van der Waals surface area (Å²) in [6.45, 7) is 6.33. The van der Waals surface area contributed by atoms with Gasteiger partial charge in [0.2, 0.25) is 0 Å².